The van der Waals surface area contributed by atoms with Gasteiger partial charge < -0.3 is 25.6 Å². The molecule has 1 saturated carbocycles. The molecule has 154 valence electrons. The van der Waals surface area contributed by atoms with Crippen LogP contribution in [-0.2, 0) is 20.9 Å². The van der Waals surface area contributed by atoms with Crippen LogP contribution in [0.4, 0.5) is 4.79 Å². The van der Waals surface area contributed by atoms with E-state index in [4.69, 9.17) is 4.74 Å². The summed E-state index contributed by atoms with van der Waals surface area (Å²) in [6.45, 7) is -0.0624. The average molecular weight is 392 g/mol. The van der Waals surface area contributed by atoms with Gasteiger partial charge in [-0.2, -0.15) is 0 Å². The zero-order valence-corrected chi connectivity index (χ0v) is 15.8. The maximum Gasteiger partial charge on any atom is 0.407 e. The molecule has 1 aromatic carbocycles. The third-order valence-electron chi connectivity index (χ3n) is 4.82. The van der Waals surface area contributed by atoms with Crippen molar-refractivity contribution >= 4 is 18.0 Å². The highest BCUT2D eigenvalue weighted by molar-refractivity contribution is 5.84. The summed E-state index contributed by atoms with van der Waals surface area (Å²) in [4.78, 5) is 35.2. The van der Waals surface area contributed by atoms with E-state index in [1.807, 2.05) is 30.3 Å². The van der Waals surface area contributed by atoms with Crippen molar-refractivity contribution in [3.63, 3.8) is 0 Å². The van der Waals surface area contributed by atoms with Crippen molar-refractivity contribution in [1.82, 2.24) is 10.6 Å². The standard InChI is InChI=1S/C20H28N2O6/c23-16(12-21-20(27)28-13-14-7-3-1-4-8-14)11-17(24)22-18(19(25)26)15-9-5-2-6-10-15/h1,3-4,7-8,15-16,18,23H,2,5-6,9-13H2,(H,21,27)(H,22,24)(H,25,26)/t16-,18+/m1/s1. The number of carboxylic acid groups (broad SMARTS) is 1. The minimum Gasteiger partial charge on any atom is -0.480 e. The van der Waals surface area contributed by atoms with E-state index in [9.17, 15) is 24.6 Å². The predicted molar refractivity (Wildman–Crippen MR) is 101 cm³/mol. The summed E-state index contributed by atoms with van der Waals surface area (Å²) >= 11 is 0. The monoisotopic (exact) mass is 392 g/mol. The summed E-state index contributed by atoms with van der Waals surface area (Å²) in [5.41, 5.74) is 0.833. The number of carboxylic acids is 1. The van der Waals surface area contributed by atoms with Crippen LogP contribution in [0, 0.1) is 5.92 Å². The largest absolute Gasteiger partial charge is 0.480 e. The van der Waals surface area contributed by atoms with Crippen LogP contribution in [0.1, 0.15) is 44.1 Å². The second-order valence-corrected chi connectivity index (χ2v) is 7.08. The lowest BCUT2D eigenvalue weighted by molar-refractivity contribution is -0.144. The summed E-state index contributed by atoms with van der Waals surface area (Å²) in [6, 6.07) is 8.21. The van der Waals surface area contributed by atoms with Crippen LogP contribution in [0.25, 0.3) is 0 Å². The van der Waals surface area contributed by atoms with Gasteiger partial charge >= 0.3 is 12.1 Å². The van der Waals surface area contributed by atoms with E-state index in [2.05, 4.69) is 10.6 Å². The van der Waals surface area contributed by atoms with E-state index < -0.39 is 30.1 Å². The van der Waals surface area contributed by atoms with Crippen molar-refractivity contribution in [2.45, 2.75) is 57.3 Å². The lowest BCUT2D eigenvalue weighted by Gasteiger charge is -2.28. The summed E-state index contributed by atoms with van der Waals surface area (Å²) in [7, 11) is 0. The number of hydrogen-bond acceptors (Lipinski definition) is 5. The zero-order chi connectivity index (χ0) is 20.4. The van der Waals surface area contributed by atoms with Crippen LogP contribution in [0.2, 0.25) is 0 Å². The zero-order valence-electron chi connectivity index (χ0n) is 15.8. The van der Waals surface area contributed by atoms with Gasteiger partial charge in [0.2, 0.25) is 5.91 Å². The highest BCUT2D eigenvalue weighted by atomic mass is 16.5. The number of nitrogens with one attached hydrogen (secondary N) is 2. The fraction of sp³-hybridized carbons (Fsp3) is 0.550. The first-order valence-electron chi connectivity index (χ1n) is 9.60. The molecular formula is C20H28N2O6. The topological polar surface area (TPSA) is 125 Å². The van der Waals surface area contributed by atoms with E-state index in [1.165, 1.54) is 0 Å². The van der Waals surface area contributed by atoms with E-state index in [1.54, 1.807) is 0 Å². The highest BCUT2D eigenvalue weighted by Crippen LogP contribution is 2.26. The molecule has 1 aliphatic rings. The molecule has 0 spiro atoms. The molecule has 1 fully saturated rings. The number of aliphatic hydroxyl groups excluding tert-OH is 1. The van der Waals surface area contributed by atoms with Gasteiger partial charge in [-0.1, -0.05) is 49.6 Å². The Kier molecular flexibility index (Phi) is 8.74. The number of amides is 2. The van der Waals surface area contributed by atoms with Crippen LogP contribution in [-0.4, -0.2) is 46.9 Å². The molecular weight excluding hydrogens is 364 g/mol. The third kappa shape index (κ3) is 7.56. The molecule has 0 heterocycles. The lowest BCUT2D eigenvalue weighted by Crippen LogP contribution is -2.47. The first kappa shape index (κ1) is 21.7. The highest BCUT2D eigenvalue weighted by Gasteiger charge is 2.31. The Hall–Kier alpha value is -2.61. The molecule has 0 bridgehead atoms. The smallest absolute Gasteiger partial charge is 0.407 e. The third-order valence-corrected chi connectivity index (χ3v) is 4.82. The van der Waals surface area contributed by atoms with Crippen LogP contribution in [0.3, 0.4) is 0 Å². The molecule has 0 saturated heterocycles. The maximum atomic E-state index is 12.1. The van der Waals surface area contributed by atoms with Gasteiger partial charge in [-0.25, -0.2) is 9.59 Å². The van der Waals surface area contributed by atoms with Crippen LogP contribution >= 0.6 is 0 Å². The Labute approximate surface area is 164 Å². The van der Waals surface area contributed by atoms with E-state index in [0.29, 0.717) is 0 Å². The Bertz CT molecular complexity index is 645. The summed E-state index contributed by atoms with van der Waals surface area (Å²) in [5.74, 6) is -1.69. The second-order valence-electron chi connectivity index (χ2n) is 7.08. The van der Waals surface area contributed by atoms with Crippen molar-refractivity contribution in [1.29, 1.82) is 0 Å². The van der Waals surface area contributed by atoms with Gasteiger partial charge in [0, 0.05) is 6.54 Å². The Balaban J connectivity index is 1.69. The molecule has 2 rings (SSSR count). The normalized spacial score (nSPS) is 16.6. The van der Waals surface area contributed by atoms with Gasteiger partial charge in [0.15, 0.2) is 0 Å². The Morgan fingerprint density at radius 2 is 1.79 bits per heavy atom. The summed E-state index contributed by atoms with van der Waals surface area (Å²) in [5, 5.41) is 24.2. The van der Waals surface area contributed by atoms with E-state index in [0.717, 1.165) is 37.7 Å². The van der Waals surface area contributed by atoms with E-state index >= 15 is 0 Å². The van der Waals surface area contributed by atoms with Crippen molar-refractivity contribution in [3.05, 3.63) is 35.9 Å². The Morgan fingerprint density at radius 1 is 1.11 bits per heavy atom. The van der Waals surface area contributed by atoms with Gasteiger partial charge in [0.1, 0.15) is 12.6 Å². The minimum absolute atomic E-state index is 0.0848. The minimum atomic E-state index is -1.13. The van der Waals surface area contributed by atoms with Gasteiger partial charge in [0.25, 0.3) is 0 Å². The number of aliphatic carboxylic acids is 1. The SMILES string of the molecule is O=C(C[C@@H](O)CNC(=O)OCc1ccccc1)N[C@H](C(=O)O)C1CCCCC1. The quantitative estimate of drug-likeness (QED) is 0.508. The van der Waals surface area contributed by atoms with E-state index in [-0.39, 0.29) is 25.5 Å². The Morgan fingerprint density at radius 3 is 2.43 bits per heavy atom. The molecule has 4 N–H and O–H groups in total. The fourth-order valence-electron chi connectivity index (χ4n) is 3.34. The molecule has 2 atom stereocenters. The number of carbonyl (C=O) groups excluding carboxylic acids is 2. The number of alkyl carbamates (subject to hydrolysis) is 1. The molecule has 1 aromatic rings. The molecule has 2 amide bonds. The average Bonchev–Trinajstić information content (AvgIpc) is 2.70. The van der Waals surface area contributed by atoms with Gasteiger partial charge in [0.05, 0.1) is 12.5 Å². The number of rotatable bonds is 9. The van der Waals surface area contributed by atoms with Gasteiger partial charge in [-0.3, -0.25) is 4.79 Å². The molecule has 8 heteroatoms. The van der Waals surface area contributed by atoms with Crippen molar-refractivity contribution in [2.24, 2.45) is 5.92 Å². The number of aliphatic hydroxyl groups is 1. The molecule has 8 nitrogen and oxygen atoms in total. The van der Waals surface area contributed by atoms with Crippen LogP contribution in [0.15, 0.2) is 30.3 Å². The number of ether oxygens (including phenoxy) is 1. The number of benzene rings is 1. The second kappa shape index (κ2) is 11.3. The van der Waals surface area contributed by atoms with Crippen LogP contribution in [0.5, 0.6) is 0 Å². The van der Waals surface area contributed by atoms with Gasteiger partial charge in [-0.05, 0) is 24.3 Å². The number of hydrogen-bond donors (Lipinski definition) is 4. The fourth-order valence-corrected chi connectivity index (χ4v) is 3.34. The first-order valence-corrected chi connectivity index (χ1v) is 9.60. The first-order chi connectivity index (χ1) is 13.5. The molecule has 0 unspecified atom stereocenters. The lowest BCUT2D eigenvalue weighted by atomic mass is 9.84. The molecule has 0 aliphatic heterocycles. The van der Waals surface area contributed by atoms with Gasteiger partial charge in [-0.15, -0.1) is 0 Å². The number of carbonyl (C=O) groups is 3. The maximum absolute atomic E-state index is 12.1. The van der Waals surface area contributed by atoms with Crippen molar-refractivity contribution < 1.29 is 29.3 Å². The predicted octanol–water partition coefficient (Wildman–Crippen LogP) is 1.81. The molecule has 1 aliphatic carbocycles. The van der Waals surface area contributed by atoms with Crippen molar-refractivity contribution in [3.8, 4) is 0 Å². The summed E-state index contributed by atoms with van der Waals surface area (Å²) < 4.78 is 5.02. The molecule has 28 heavy (non-hydrogen) atoms. The van der Waals surface area contributed by atoms with Crippen molar-refractivity contribution in [2.75, 3.05) is 6.54 Å². The summed E-state index contributed by atoms with van der Waals surface area (Å²) in [6.07, 6.45) is 2.42. The molecule has 0 radical (unpaired) electrons. The van der Waals surface area contributed by atoms with Crippen LogP contribution < -0.4 is 10.6 Å². The molecule has 0 aromatic heterocycles.